The highest BCUT2D eigenvalue weighted by atomic mass is 16.2. The molecule has 5 rings (SSSR count). The summed E-state index contributed by atoms with van der Waals surface area (Å²) < 4.78 is 0. The van der Waals surface area contributed by atoms with Crippen LogP contribution in [0.15, 0.2) is 36.9 Å². The minimum atomic E-state index is 0.302. The maximum atomic E-state index is 12.9. The molecule has 0 radical (unpaired) electrons. The minimum absolute atomic E-state index is 0.302. The summed E-state index contributed by atoms with van der Waals surface area (Å²) in [5, 5.41) is 0. The quantitative estimate of drug-likeness (QED) is 0.781. The van der Waals surface area contributed by atoms with Crippen molar-refractivity contribution in [2.24, 2.45) is 0 Å². The highest BCUT2D eigenvalue weighted by Crippen LogP contribution is 2.26. The molecule has 0 atom stereocenters. The average Bonchev–Trinajstić information content (AvgIpc) is 2.95. The van der Waals surface area contributed by atoms with Gasteiger partial charge < -0.3 is 4.90 Å². The van der Waals surface area contributed by atoms with Crippen molar-refractivity contribution in [1.82, 2.24) is 24.7 Å². The van der Waals surface area contributed by atoms with Gasteiger partial charge in [-0.2, -0.15) is 0 Å². The number of hydrogen-bond acceptors (Lipinski definition) is 5. The third-order valence-corrected chi connectivity index (χ3v) is 7.11. The van der Waals surface area contributed by atoms with Crippen molar-refractivity contribution in [3.8, 4) is 11.1 Å². The Kier molecular flexibility index (Phi) is 5.77. The molecule has 2 aliphatic heterocycles. The van der Waals surface area contributed by atoms with Crippen LogP contribution in [0.2, 0.25) is 0 Å². The zero-order valence-electron chi connectivity index (χ0n) is 17.7. The lowest BCUT2D eigenvalue weighted by atomic mass is 9.91. The molecule has 1 amide bonds. The van der Waals surface area contributed by atoms with Crippen LogP contribution in [-0.4, -0.2) is 82.4 Å². The van der Waals surface area contributed by atoms with E-state index in [1.807, 2.05) is 12.4 Å². The molecule has 0 bridgehead atoms. The molecule has 1 aliphatic carbocycles. The number of nitrogens with zero attached hydrogens (tertiary/aromatic N) is 5. The van der Waals surface area contributed by atoms with E-state index in [2.05, 4.69) is 42.9 Å². The average molecular weight is 406 g/mol. The number of aromatic nitrogens is 2. The number of benzene rings is 1. The summed E-state index contributed by atoms with van der Waals surface area (Å²) >= 11 is 0. The summed E-state index contributed by atoms with van der Waals surface area (Å²) in [6, 6.07) is 7.47. The van der Waals surface area contributed by atoms with Gasteiger partial charge in [0, 0.05) is 63.3 Å². The second-order valence-corrected chi connectivity index (χ2v) is 8.89. The normalized spacial score (nSPS) is 21.0. The van der Waals surface area contributed by atoms with E-state index in [1.165, 1.54) is 36.0 Å². The first-order valence-electron chi connectivity index (χ1n) is 11.4. The molecule has 2 aromatic rings. The van der Waals surface area contributed by atoms with Crippen LogP contribution < -0.4 is 0 Å². The van der Waals surface area contributed by atoms with Crippen molar-refractivity contribution >= 4 is 5.91 Å². The van der Waals surface area contributed by atoms with E-state index < -0.39 is 0 Å². The Morgan fingerprint density at radius 2 is 1.63 bits per heavy atom. The Morgan fingerprint density at radius 3 is 2.33 bits per heavy atom. The van der Waals surface area contributed by atoms with Gasteiger partial charge in [-0.25, -0.2) is 9.97 Å². The molecule has 0 spiro atoms. The van der Waals surface area contributed by atoms with Gasteiger partial charge in [0.05, 0.1) is 6.54 Å². The van der Waals surface area contributed by atoms with Gasteiger partial charge in [0.15, 0.2) is 0 Å². The predicted octanol–water partition coefficient (Wildman–Crippen LogP) is 2.24. The number of carbonyl (C=O) groups is 1. The van der Waals surface area contributed by atoms with Gasteiger partial charge in [0.2, 0.25) is 5.91 Å². The highest BCUT2D eigenvalue weighted by molar-refractivity contribution is 5.78. The summed E-state index contributed by atoms with van der Waals surface area (Å²) in [5.41, 5.74) is 5.01. The number of rotatable bonds is 4. The van der Waals surface area contributed by atoms with Crippen LogP contribution in [0.3, 0.4) is 0 Å². The van der Waals surface area contributed by atoms with Crippen LogP contribution in [0.4, 0.5) is 0 Å². The third kappa shape index (κ3) is 4.25. The van der Waals surface area contributed by atoms with Crippen molar-refractivity contribution in [3.05, 3.63) is 48.0 Å². The monoisotopic (exact) mass is 405 g/mol. The molecule has 1 aromatic heterocycles. The van der Waals surface area contributed by atoms with Crippen LogP contribution >= 0.6 is 0 Å². The molecule has 1 saturated heterocycles. The Bertz CT molecular complexity index is 874. The van der Waals surface area contributed by atoms with Crippen LogP contribution in [0, 0.1) is 0 Å². The van der Waals surface area contributed by atoms with Crippen molar-refractivity contribution in [2.45, 2.75) is 38.1 Å². The first-order chi connectivity index (χ1) is 14.8. The van der Waals surface area contributed by atoms with E-state index in [1.54, 1.807) is 6.33 Å². The maximum Gasteiger partial charge on any atom is 0.236 e. The standard InChI is InChI=1S/C24H31N5O/c30-24(29-12-10-28(11-13-29)23-2-1-3-23)17-27-8-6-19-4-5-20(14-21(19)7-9-27)22-15-25-18-26-16-22/h4-5,14-16,18,23H,1-3,6-13,17H2. The van der Waals surface area contributed by atoms with Gasteiger partial charge in [-0.05, 0) is 42.4 Å². The number of fused-ring (bicyclic) bond motifs is 1. The van der Waals surface area contributed by atoms with Crippen LogP contribution in [-0.2, 0) is 17.6 Å². The fourth-order valence-corrected chi connectivity index (χ4v) is 4.94. The van der Waals surface area contributed by atoms with Gasteiger partial charge in [0.25, 0.3) is 0 Å². The second kappa shape index (κ2) is 8.82. The molecule has 6 heteroatoms. The molecule has 30 heavy (non-hydrogen) atoms. The zero-order chi connectivity index (χ0) is 20.3. The van der Waals surface area contributed by atoms with Crippen LogP contribution in [0.1, 0.15) is 30.4 Å². The fourth-order valence-electron chi connectivity index (χ4n) is 4.94. The first kappa shape index (κ1) is 19.6. The lowest BCUT2D eigenvalue weighted by Crippen LogP contribution is -2.55. The van der Waals surface area contributed by atoms with Crippen LogP contribution in [0.25, 0.3) is 11.1 Å². The Morgan fingerprint density at radius 1 is 0.900 bits per heavy atom. The number of amides is 1. The summed E-state index contributed by atoms with van der Waals surface area (Å²) in [6.45, 7) is 6.33. The van der Waals surface area contributed by atoms with E-state index in [4.69, 9.17) is 0 Å². The molecule has 6 nitrogen and oxygen atoms in total. The molecular weight excluding hydrogens is 374 g/mol. The van der Waals surface area contributed by atoms with Crippen molar-refractivity contribution in [2.75, 3.05) is 45.8 Å². The molecular formula is C24H31N5O. The lowest BCUT2D eigenvalue weighted by molar-refractivity contribution is -0.134. The smallest absolute Gasteiger partial charge is 0.236 e. The van der Waals surface area contributed by atoms with Gasteiger partial charge >= 0.3 is 0 Å². The van der Waals surface area contributed by atoms with E-state index in [-0.39, 0.29) is 0 Å². The summed E-state index contributed by atoms with van der Waals surface area (Å²) in [6.07, 6.45) is 11.4. The SMILES string of the molecule is O=C(CN1CCc2ccc(-c3cncnc3)cc2CC1)N1CCN(C2CCC2)CC1. The third-order valence-electron chi connectivity index (χ3n) is 7.11. The van der Waals surface area contributed by atoms with Crippen LogP contribution in [0.5, 0.6) is 0 Å². The van der Waals surface area contributed by atoms with Crippen molar-refractivity contribution < 1.29 is 4.79 Å². The summed E-state index contributed by atoms with van der Waals surface area (Å²) in [7, 11) is 0. The molecule has 158 valence electrons. The molecule has 3 aliphatic rings. The molecule has 0 unspecified atom stereocenters. The van der Waals surface area contributed by atoms with Gasteiger partial charge in [-0.3, -0.25) is 14.6 Å². The molecule has 1 aromatic carbocycles. The van der Waals surface area contributed by atoms with E-state index >= 15 is 0 Å². The van der Waals surface area contributed by atoms with Gasteiger partial charge in [-0.15, -0.1) is 0 Å². The predicted molar refractivity (Wildman–Crippen MR) is 117 cm³/mol. The highest BCUT2D eigenvalue weighted by Gasteiger charge is 2.29. The Balaban J connectivity index is 1.16. The number of piperazine rings is 1. The largest absolute Gasteiger partial charge is 0.339 e. The number of hydrogen-bond donors (Lipinski definition) is 0. The van der Waals surface area contributed by atoms with E-state index in [9.17, 15) is 4.79 Å². The van der Waals surface area contributed by atoms with Crippen molar-refractivity contribution in [1.29, 1.82) is 0 Å². The summed E-state index contributed by atoms with van der Waals surface area (Å²) in [5.74, 6) is 0.302. The number of carbonyl (C=O) groups excluding carboxylic acids is 1. The van der Waals surface area contributed by atoms with Gasteiger partial charge in [0.1, 0.15) is 6.33 Å². The first-order valence-corrected chi connectivity index (χ1v) is 11.4. The Hall–Kier alpha value is -2.31. The van der Waals surface area contributed by atoms with E-state index in [0.717, 1.165) is 63.7 Å². The van der Waals surface area contributed by atoms with Gasteiger partial charge in [-0.1, -0.05) is 24.6 Å². The minimum Gasteiger partial charge on any atom is -0.339 e. The van der Waals surface area contributed by atoms with E-state index in [0.29, 0.717) is 12.5 Å². The Labute approximate surface area is 178 Å². The maximum absolute atomic E-state index is 12.9. The summed E-state index contributed by atoms with van der Waals surface area (Å²) in [4.78, 5) is 28.2. The lowest BCUT2D eigenvalue weighted by Gasteiger charge is -2.43. The molecule has 0 N–H and O–H groups in total. The zero-order valence-corrected chi connectivity index (χ0v) is 17.7. The van der Waals surface area contributed by atoms with Crippen molar-refractivity contribution in [3.63, 3.8) is 0 Å². The topological polar surface area (TPSA) is 52.6 Å². The molecule has 3 heterocycles. The fraction of sp³-hybridized carbons (Fsp3) is 0.542. The molecule has 2 fully saturated rings. The molecule has 1 saturated carbocycles. The second-order valence-electron chi connectivity index (χ2n) is 8.89.